The first-order valence-corrected chi connectivity index (χ1v) is 6.14. The largest absolute Gasteiger partial charge is 0.434 e. The van der Waals surface area contributed by atoms with Crippen molar-refractivity contribution in [3.8, 4) is 16.9 Å². The summed E-state index contributed by atoms with van der Waals surface area (Å²) in [4.78, 5) is 3.85. The van der Waals surface area contributed by atoms with Gasteiger partial charge in [0.2, 0.25) is 0 Å². The van der Waals surface area contributed by atoms with Gasteiger partial charge >= 0.3 is 6.61 Å². The number of hydrogen-bond donors (Lipinski definition) is 1. The number of aliphatic hydroxyl groups excluding tert-OH is 1. The SMILES string of the molecule is CC(O)Cn1cc(-c2cnc(Cl)cc2OC(F)F)cn1. The highest BCUT2D eigenvalue weighted by Crippen LogP contribution is 2.32. The van der Waals surface area contributed by atoms with Gasteiger partial charge in [0, 0.05) is 29.6 Å². The molecule has 0 bridgehead atoms. The van der Waals surface area contributed by atoms with Crippen molar-refractivity contribution in [2.75, 3.05) is 0 Å². The smallest absolute Gasteiger partial charge is 0.387 e. The van der Waals surface area contributed by atoms with Crippen LogP contribution >= 0.6 is 11.6 Å². The van der Waals surface area contributed by atoms with Gasteiger partial charge in [0.1, 0.15) is 10.9 Å². The Bertz CT molecular complexity index is 590. The van der Waals surface area contributed by atoms with Crippen molar-refractivity contribution in [1.29, 1.82) is 0 Å². The monoisotopic (exact) mass is 303 g/mol. The molecular formula is C12H12ClF2N3O2. The maximum absolute atomic E-state index is 12.4. The number of hydrogen-bond acceptors (Lipinski definition) is 4. The molecule has 0 aliphatic heterocycles. The Balaban J connectivity index is 2.33. The number of rotatable bonds is 5. The van der Waals surface area contributed by atoms with Crippen molar-refractivity contribution in [2.45, 2.75) is 26.2 Å². The van der Waals surface area contributed by atoms with E-state index in [2.05, 4.69) is 14.8 Å². The molecule has 20 heavy (non-hydrogen) atoms. The van der Waals surface area contributed by atoms with Crippen molar-refractivity contribution in [3.63, 3.8) is 0 Å². The van der Waals surface area contributed by atoms with Crippen LogP contribution in [0.4, 0.5) is 8.78 Å². The fraction of sp³-hybridized carbons (Fsp3) is 0.333. The third kappa shape index (κ3) is 3.64. The predicted octanol–water partition coefficient (Wildman–Crippen LogP) is 2.58. The zero-order chi connectivity index (χ0) is 14.7. The zero-order valence-electron chi connectivity index (χ0n) is 10.5. The maximum atomic E-state index is 12.4. The zero-order valence-corrected chi connectivity index (χ0v) is 11.3. The molecule has 0 saturated heterocycles. The second-order valence-electron chi connectivity index (χ2n) is 4.18. The van der Waals surface area contributed by atoms with Crippen LogP contribution in [0.1, 0.15) is 6.92 Å². The predicted molar refractivity (Wildman–Crippen MR) is 68.8 cm³/mol. The van der Waals surface area contributed by atoms with E-state index in [9.17, 15) is 13.9 Å². The van der Waals surface area contributed by atoms with Crippen LogP contribution in [0.25, 0.3) is 11.1 Å². The molecule has 0 aliphatic rings. The van der Waals surface area contributed by atoms with Gasteiger partial charge < -0.3 is 9.84 Å². The molecule has 1 unspecified atom stereocenters. The van der Waals surface area contributed by atoms with E-state index < -0.39 is 12.7 Å². The van der Waals surface area contributed by atoms with Crippen LogP contribution in [-0.2, 0) is 6.54 Å². The highest BCUT2D eigenvalue weighted by Gasteiger charge is 2.14. The summed E-state index contributed by atoms with van der Waals surface area (Å²) in [6.45, 7) is -1.04. The summed E-state index contributed by atoms with van der Waals surface area (Å²) in [6, 6.07) is 1.22. The fourth-order valence-electron chi connectivity index (χ4n) is 1.70. The lowest BCUT2D eigenvalue weighted by Gasteiger charge is -2.09. The van der Waals surface area contributed by atoms with E-state index in [1.807, 2.05) is 0 Å². The molecule has 0 fully saturated rings. The van der Waals surface area contributed by atoms with E-state index in [-0.39, 0.29) is 10.9 Å². The molecule has 2 rings (SSSR count). The topological polar surface area (TPSA) is 60.2 Å². The van der Waals surface area contributed by atoms with Gasteiger partial charge in [-0.2, -0.15) is 13.9 Å². The molecule has 0 spiro atoms. The van der Waals surface area contributed by atoms with Gasteiger partial charge in [-0.25, -0.2) is 4.98 Å². The number of ether oxygens (including phenoxy) is 1. The summed E-state index contributed by atoms with van der Waals surface area (Å²) >= 11 is 5.67. The van der Waals surface area contributed by atoms with Gasteiger partial charge in [0.05, 0.1) is 18.8 Å². The molecule has 108 valence electrons. The third-order valence-corrected chi connectivity index (χ3v) is 2.65. The molecule has 0 radical (unpaired) electrons. The van der Waals surface area contributed by atoms with E-state index >= 15 is 0 Å². The summed E-state index contributed by atoms with van der Waals surface area (Å²) in [5, 5.41) is 13.4. The number of alkyl halides is 2. The Kier molecular flexibility index (Phi) is 4.51. The molecule has 0 aromatic carbocycles. The normalized spacial score (nSPS) is 12.7. The van der Waals surface area contributed by atoms with Crippen molar-refractivity contribution >= 4 is 11.6 Å². The van der Waals surface area contributed by atoms with Crippen LogP contribution in [0.5, 0.6) is 5.75 Å². The fourth-order valence-corrected chi connectivity index (χ4v) is 1.84. The van der Waals surface area contributed by atoms with Gasteiger partial charge in [-0.15, -0.1) is 0 Å². The lowest BCUT2D eigenvalue weighted by atomic mass is 10.1. The van der Waals surface area contributed by atoms with E-state index in [0.29, 0.717) is 17.7 Å². The van der Waals surface area contributed by atoms with Gasteiger partial charge in [-0.1, -0.05) is 11.6 Å². The van der Waals surface area contributed by atoms with Crippen molar-refractivity contribution in [2.24, 2.45) is 0 Å². The standard InChI is InChI=1S/C12H12ClF2N3O2/c1-7(19)5-18-6-8(3-17-18)9-4-16-11(13)2-10(9)20-12(14)15/h2-4,6-7,12,19H,5H2,1H3. The first kappa shape index (κ1) is 14.7. The Morgan fingerprint density at radius 1 is 1.45 bits per heavy atom. The van der Waals surface area contributed by atoms with Gasteiger partial charge in [0.15, 0.2) is 0 Å². The van der Waals surface area contributed by atoms with Crippen LogP contribution in [0.3, 0.4) is 0 Å². The van der Waals surface area contributed by atoms with Crippen LogP contribution in [0.15, 0.2) is 24.7 Å². The van der Waals surface area contributed by atoms with Crippen LogP contribution in [0, 0.1) is 0 Å². The van der Waals surface area contributed by atoms with Crippen LogP contribution in [-0.4, -0.2) is 32.6 Å². The van der Waals surface area contributed by atoms with Crippen molar-refractivity contribution in [1.82, 2.24) is 14.8 Å². The molecular weight excluding hydrogens is 292 g/mol. The summed E-state index contributed by atoms with van der Waals surface area (Å²) in [6.07, 6.45) is 3.86. The lowest BCUT2D eigenvalue weighted by Crippen LogP contribution is -2.11. The minimum atomic E-state index is -2.96. The molecule has 5 nitrogen and oxygen atoms in total. The number of aliphatic hydroxyl groups is 1. The molecule has 1 atom stereocenters. The number of halogens is 3. The molecule has 0 amide bonds. The van der Waals surface area contributed by atoms with Crippen LogP contribution in [0.2, 0.25) is 5.15 Å². The number of pyridine rings is 1. The minimum Gasteiger partial charge on any atom is -0.434 e. The Morgan fingerprint density at radius 3 is 2.85 bits per heavy atom. The first-order chi connectivity index (χ1) is 9.45. The number of aromatic nitrogens is 3. The number of nitrogens with zero attached hydrogens (tertiary/aromatic N) is 3. The van der Waals surface area contributed by atoms with Gasteiger partial charge in [-0.05, 0) is 6.92 Å². The molecule has 0 aliphatic carbocycles. The molecule has 2 aromatic heterocycles. The summed E-state index contributed by atoms with van der Waals surface area (Å²) < 4.78 is 30.7. The average molecular weight is 304 g/mol. The van der Waals surface area contributed by atoms with Gasteiger partial charge in [0.25, 0.3) is 0 Å². The highest BCUT2D eigenvalue weighted by atomic mass is 35.5. The average Bonchev–Trinajstić information content (AvgIpc) is 2.75. The van der Waals surface area contributed by atoms with E-state index in [1.54, 1.807) is 13.1 Å². The molecule has 8 heteroatoms. The Labute approximate surface area is 118 Å². The Morgan fingerprint density at radius 2 is 2.20 bits per heavy atom. The highest BCUT2D eigenvalue weighted by molar-refractivity contribution is 6.29. The molecule has 0 saturated carbocycles. The third-order valence-electron chi connectivity index (χ3n) is 2.44. The summed E-state index contributed by atoms with van der Waals surface area (Å²) in [5.74, 6) is -0.0726. The van der Waals surface area contributed by atoms with E-state index in [1.165, 1.54) is 23.1 Å². The second-order valence-corrected chi connectivity index (χ2v) is 4.57. The summed E-state index contributed by atoms with van der Waals surface area (Å²) in [7, 11) is 0. The van der Waals surface area contributed by atoms with E-state index in [4.69, 9.17) is 11.6 Å². The minimum absolute atomic E-state index is 0.0563. The van der Waals surface area contributed by atoms with Crippen molar-refractivity contribution in [3.05, 3.63) is 29.8 Å². The quantitative estimate of drug-likeness (QED) is 0.863. The van der Waals surface area contributed by atoms with Crippen LogP contribution < -0.4 is 4.74 Å². The second kappa shape index (κ2) is 6.15. The Hall–Kier alpha value is -1.73. The van der Waals surface area contributed by atoms with Gasteiger partial charge in [-0.3, -0.25) is 4.68 Å². The lowest BCUT2D eigenvalue weighted by molar-refractivity contribution is -0.0494. The van der Waals surface area contributed by atoms with Crippen molar-refractivity contribution < 1.29 is 18.6 Å². The molecule has 2 heterocycles. The molecule has 1 N–H and O–H groups in total. The first-order valence-electron chi connectivity index (χ1n) is 5.77. The molecule has 2 aromatic rings. The maximum Gasteiger partial charge on any atom is 0.387 e. The summed E-state index contributed by atoms with van der Waals surface area (Å²) in [5.41, 5.74) is 0.900. The van der Waals surface area contributed by atoms with E-state index in [0.717, 1.165) is 0 Å².